The van der Waals surface area contributed by atoms with Gasteiger partial charge in [-0.15, -0.1) is 0 Å². The Bertz CT molecular complexity index is 1040. The third kappa shape index (κ3) is 5.20. The summed E-state index contributed by atoms with van der Waals surface area (Å²) in [6.45, 7) is 2.15. The molecule has 0 radical (unpaired) electrons. The van der Waals surface area contributed by atoms with E-state index in [1.54, 1.807) is 12.1 Å². The predicted molar refractivity (Wildman–Crippen MR) is 137 cm³/mol. The molecule has 4 saturated carbocycles. The highest BCUT2D eigenvalue weighted by Gasteiger charge is 2.51. The summed E-state index contributed by atoms with van der Waals surface area (Å²) in [7, 11) is 0. The average Bonchev–Trinajstić information content (AvgIpc) is 2.76. The largest absolute Gasteiger partial charge is 0.487 e. The monoisotopic (exact) mass is 589 g/mol. The van der Waals surface area contributed by atoms with Gasteiger partial charge in [0.15, 0.2) is 6.61 Å². The SMILES string of the molecule is Cc1cc(Br)c(OCc2ccc(C(=O)OCC(=O)NC34CC5CC(CC(C5)C3)C4)cc2)c(Br)c1. The van der Waals surface area contributed by atoms with Crippen LogP contribution >= 0.6 is 31.9 Å². The standard InChI is InChI=1S/C27H29Br2NO4/c1-16-6-22(28)25(23(29)7-16)33-14-17-2-4-21(5-3-17)26(32)34-15-24(31)30-27-11-18-8-19(12-27)10-20(9-18)13-27/h2-7,18-20H,8-15H2,1H3,(H,30,31). The van der Waals surface area contributed by atoms with Crippen molar-refractivity contribution in [3.63, 3.8) is 0 Å². The highest BCUT2D eigenvalue weighted by Crippen LogP contribution is 2.55. The number of nitrogens with one attached hydrogen (secondary N) is 1. The van der Waals surface area contributed by atoms with E-state index in [0.29, 0.717) is 12.2 Å². The Morgan fingerprint density at radius 1 is 0.971 bits per heavy atom. The molecule has 0 heterocycles. The zero-order chi connectivity index (χ0) is 23.9. The van der Waals surface area contributed by atoms with Gasteiger partial charge in [0.2, 0.25) is 0 Å². The van der Waals surface area contributed by atoms with Crippen LogP contribution in [0.15, 0.2) is 45.3 Å². The van der Waals surface area contributed by atoms with Crippen molar-refractivity contribution in [3.05, 3.63) is 62.0 Å². The maximum Gasteiger partial charge on any atom is 0.338 e. The predicted octanol–water partition coefficient (Wildman–Crippen LogP) is 6.34. The Hall–Kier alpha value is -1.86. The number of amides is 1. The van der Waals surface area contributed by atoms with E-state index in [-0.39, 0.29) is 18.1 Å². The van der Waals surface area contributed by atoms with Gasteiger partial charge in [-0.2, -0.15) is 0 Å². The maximum absolute atomic E-state index is 12.6. The van der Waals surface area contributed by atoms with Crippen LogP contribution < -0.4 is 10.1 Å². The van der Waals surface area contributed by atoms with Gasteiger partial charge in [0, 0.05) is 5.54 Å². The molecule has 7 heteroatoms. The number of esters is 1. The van der Waals surface area contributed by atoms with Crippen molar-refractivity contribution >= 4 is 43.7 Å². The van der Waals surface area contributed by atoms with Gasteiger partial charge in [-0.05, 0) is 130 Å². The van der Waals surface area contributed by atoms with Crippen molar-refractivity contribution in [1.82, 2.24) is 5.32 Å². The number of carbonyl (C=O) groups excluding carboxylic acids is 2. The van der Waals surface area contributed by atoms with Gasteiger partial charge in [-0.3, -0.25) is 4.79 Å². The third-order valence-electron chi connectivity index (χ3n) is 7.49. The van der Waals surface area contributed by atoms with E-state index < -0.39 is 5.97 Å². The van der Waals surface area contributed by atoms with Crippen LogP contribution in [0.2, 0.25) is 0 Å². The molecule has 4 fully saturated rings. The average molecular weight is 591 g/mol. The maximum atomic E-state index is 12.6. The minimum absolute atomic E-state index is 0.0681. The summed E-state index contributed by atoms with van der Waals surface area (Å²) in [5.41, 5.74) is 2.40. The summed E-state index contributed by atoms with van der Waals surface area (Å²) >= 11 is 7.06. The van der Waals surface area contributed by atoms with E-state index in [2.05, 4.69) is 37.2 Å². The van der Waals surface area contributed by atoms with Crippen LogP contribution in [0.3, 0.4) is 0 Å². The molecule has 0 aromatic heterocycles. The molecule has 2 aromatic carbocycles. The zero-order valence-corrected chi connectivity index (χ0v) is 22.4. The van der Waals surface area contributed by atoms with Crippen LogP contribution in [0, 0.1) is 24.7 Å². The molecule has 0 spiro atoms. The molecule has 5 nitrogen and oxygen atoms in total. The molecular formula is C27H29Br2NO4. The van der Waals surface area contributed by atoms with Gasteiger partial charge in [-0.1, -0.05) is 12.1 Å². The lowest BCUT2D eigenvalue weighted by atomic mass is 9.53. The number of ether oxygens (including phenoxy) is 2. The minimum atomic E-state index is -0.489. The summed E-state index contributed by atoms with van der Waals surface area (Å²) in [4.78, 5) is 25.1. The molecule has 0 saturated heterocycles. The second kappa shape index (κ2) is 9.65. The number of carbonyl (C=O) groups is 2. The van der Waals surface area contributed by atoms with Gasteiger partial charge in [0.05, 0.1) is 14.5 Å². The smallest absolute Gasteiger partial charge is 0.338 e. The first kappa shape index (κ1) is 23.9. The molecule has 180 valence electrons. The normalized spacial score (nSPS) is 26.9. The molecule has 0 atom stereocenters. The van der Waals surface area contributed by atoms with Gasteiger partial charge >= 0.3 is 5.97 Å². The van der Waals surface area contributed by atoms with Crippen LogP contribution in [0.1, 0.15) is 60.0 Å². The number of aryl methyl sites for hydroxylation is 1. The molecule has 1 amide bonds. The van der Waals surface area contributed by atoms with Crippen molar-refractivity contribution < 1.29 is 19.1 Å². The van der Waals surface area contributed by atoms with Crippen LogP contribution in [0.25, 0.3) is 0 Å². The first-order valence-electron chi connectivity index (χ1n) is 11.9. The fourth-order valence-corrected chi connectivity index (χ4v) is 8.17. The lowest BCUT2D eigenvalue weighted by Gasteiger charge is -2.56. The van der Waals surface area contributed by atoms with Crippen LogP contribution in [-0.2, 0) is 16.1 Å². The molecule has 6 rings (SSSR count). The molecule has 0 aliphatic heterocycles. The second-order valence-corrected chi connectivity index (χ2v) is 12.1. The Kier molecular flexibility index (Phi) is 6.77. The Morgan fingerprint density at radius 2 is 1.53 bits per heavy atom. The lowest BCUT2D eigenvalue weighted by Crippen LogP contribution is -2.60. The minimum Gasteiger partial charge on any atom is -0.487 e. The number of rotatable bonds is 7. The number of benzene rings is 2. The second-order valence-electron chi connectivity index (χ2n) is 10.4. The molecular weight excluding hydrogens is 562 g/mol. The number of halogens is 2. The van der Waals surface area contributed by atoms with Crippen molar-refractivity contribution in [2.24, 2.45) is 17.8 Å². The van der Waals surface area contributed by atoms with Crippen LogP contribution in [0.4, 0.5) is 0 Å². The van der Waals surface area contributed by atoms with E-state index in [1.165, 1.54) is 19.3 Å². The van der Waals surface area contributed by atoms with Crippen molar-refractivity contribution in [2.75, 3.05) is 6.61 Å². The van der Waals surface area contributed by atoms with Gasteiger partial charge < -0.3 is 14.8 Å². The first-order chi connectivity index (χ1) is 16.3. The molecule has 4 aliphatic carbocycles. The molecule has 4 aliphatic rings. The summed E-state index contributed by atoms with van der Waals surface area (Å²) in [6, 6.07) is 11.1. The van der Waals surface area contributed by atoms with Crippen molar-refractivity contribution in [2.45, 2.75) is 57.6 Å². The van der Waals surface area contributed by atoms with Gasteiger partial charge in [-0.25, -0.2) is 4.79 Å². The quantitative estimate of drug-likeness (QED) is 0.382. The van der Waals surface area contributed by atoms with E-state index in [0.717, 1.165) is 62.8 Å². The highest BCUT2D eigenvalue weighted by atomic mass is 79.9. The Morgan fingerprint density at radius 3 is 2.09 bits per heavy atom. The number of hydrogen-bond donors (Lipinski definition) is 1. The molecule has 2 aromatic rings. The summed E-state index contributed by atoms with van der Waals surface area (Å²) in [6.07, 6.45) is 7.22. The molecule has 1 N–H and O–H groups in total. The van der Waals surface area contributed by atoms with E-state index >= 15 is 0 Å². The highest BCUT2D eigenvalue weighted by molar-refractivity contribution is 9.11. The summed E-state index contributed by atoms with van der Waals surface area (Å²) in [5, 5.41) is 3.24. The molecule has 0 unspecified atom stereocenters. The fraction of sp³-hybridized carbons (Fsp3) is 0.481. The fourth-order valence-electron chi connectivity index (χ4n) is 6.53. The van der Waals surface area contributed by atoms with Crippen molar-refractivity contribution in [3.8, 4) is 5.75 Å². The van der Waals surface area contributed by atoms with Crippen LogP contribution in [-0.4, -0.2) is 24.0 Å². The molecule has 34 heavy (non-hydrogen) atoms. The Balaban J connectivity index is 1.11. The summed E-state index contributed by atoms with van der Waals surface area (Å²) < 4.78 is 13.0. The van der Waals surface area contributed by atoms with Gasteiger partial charge in [0.1, 0.15) is 12.4 Å². The van der Waals surface area contributed by atoms with E-state index in [1.807, 2.05) is 31.2 Å². The molecule has 4 bridgehead atoms. The Labute approximate surface area is 217 Å². The zero-order valence-electron chi connectivity index (χ0n) is 19.2. The topological polar surface area (TPSA) is 64.6 Å². The summed E-state index contributed by atoms with van der Waals surface area (Å²) in [5.74, 6) is 2.32. The van der Waals surface area contributed by atoms with Crippen LogP contribution in [0.5, 0.6) is 5.75 Å². The van der Waals surface area contributed by atoms with E-state index in [4.69, 9.17) is 9.47 Å². The number of hydrogen-bond acceptors (Lipinski definition) is 4. The first-order valence-corrected chi connectivity index (χ1v) is 13.5. The lowest BCUT2D eigenvalue weighted by molar-refractivity contribution is -0.130. The van der Waals surface area contributed by atoms with Crippen molar-refractivity contribution in [1.29, 1.82) is 0 Å². The van der Waals surface area contributed by atoms with Gasteiger partial charge in [0.25, 0.3) is 5.91 Å². The third-order valence-corrected chi connectivity index (χ3v) is 8.67. The van der Waals surface area contributed by atoms with E-state index in [9.17, 15) is 9.59 Å².